The second kappa shape index (κ2) is 12.8. The van der Waals surface area contributed by atoms with Crippen LogP contribution < -0.4 is 21.9 Å². The first-order chi connectivity index (χ1) is 26.5. The number of aryl methyl sites for hydroxylation is 2. The van der Waals surface area contributed by atoms with E-state index in [2.05, 4.69) is 178 Å². The molecule has 10 rings (SSSR count). The Balaban J connectivity index is 1.34. The van der Waals surface area contributed by atoms with Gasteiger partial charge in [-0.25, -0.2) is 0 Å². The largest absolute Gasteiger partial charge is 0.277 e. The van der Waals surface area contributed by atoms with E-state index in [0.29, 0.717) is 5.39 Å². The van der Waals surface area contributed by atoms with Crippen molar-refractivity contribution in [2.24, 2.45) is 0 Å². The van der Waals surface area contributed by atoms with E-state index in [9.17, 15) is 0 Å². The fourth-order valence-electron chi connectivity index (χ4n) is 8.84. The zero-order valence-electron chi connectivity index (χ0n) is 30.3. The normalized spacial score (nSPS) is 11.9. The van der Waals surface area contributed by atoms with Gasteiger partial charge in [-0.3, -0.25) is 9.36 Å². The number of hydrogen-bond donors (Lipinski definition) is 0. The summed E-state index contributed by atoms with van der Waals surface area (Å²) in [6.07, 6.45) is 0. The first kappa shape index (κ1) is 32.0. The van der Waals surface area contributed by atoms with Crippen LogP contribution in [0.2, 0.25) is 0 Å². The summed E-state index contributed by atoms with van der Waals surface area (Å²) >= 11 is 0. The molecule has 1 aliphatic heterocycles. The van der Waals surface area contributed by atoms with Crippen molar-refractivity contribution in [3.63, 3.8) is 0 Å². The fourth-order valence-corrected chi connectivity index (χ4v) is 8.84. The standard InChI is InChI=1S/C51H36BNO/c1-33-27-41(37-19-11-5-12-20-37)28-34(2)49(33)52-46-26-24-40(36-17-9-4-10-18-36)32-48(46)53-50-45(30-42(31-47(50)52)38-21-13-6-14-22-38)44-29-39(23-25-43(44)51(53)54)35-15-7-3-8-16-35/h3-32H,1-2H3. The first-order valence-electron chi connectivity index (χ1n) is 18.7. The molecule has 0 radical (unpaired) electrons. The third-order valence-corrected chi connectivity index (χ3v) is 11.3. The Labute approximate surface area is 315 Å². The van der Waals surface area contributed by atoms with Crippen LogP contribution in [0, 0.1) is 13.8 Å². The van der Waals surface area contributed by atoms with E-state index in [-0.39, 0.29) is 12.3 Å². The Bertz CT molecular complexity index is 2930. The molecule has 0 atom stereocenters. The van der Waals surface area contributed by atoms with Crippen molar-refractivity contribution < 1.29 is 0 Å². The minimum atomic E-state index is -0.102. The Hall–Kier alpha value is -6.71. The van der Waals surface area contributed by atoms with E-state index in [1.807, 2.05) is 22.8 Å². The molecule has 1 aromatic heterocycles. The molecule has 0 fully saturated rings. The predicted octanol–water partition coefficient (Wildman–Crippen LogP) is 10.3. The predicted molar refractivity (Wildman–Crippen MR) is 229 cm³/mol. The summed E-state index contributed by atoms with van der Waals surface area (Å²) in [5.41, 5.74) is 17.1. The smallest absolute Gasteiger partial charge is 0.263 e. The van der Waals surface area contributed by atoms with E-state index < -0.39 is 0 Å². The average Bonchev–Trinajstić information content (AvgIpc) is 3.23. The van der Waals surface area contributed by atoms with Gasteiger partial charge >= 0.3 is 0 Å². The van der Waals surface area contributed by atoms with Crippen LogP contribution in [-0.4, -0.2) is 11.3 Å². The topological polar surface area (TPSA) is 22.0 Å². The molecule has 0 saturated carbocycles. The van der Waals surface area contributed by atoms with Crippen LogP contribution in [0.25, 0.3) is 71.9 Å². The number of fused-ring (bicyclic) bond motifs is 4. The van der Waals surface area contributed by atoms with Crippen molar-refractivity contribution >= 4 is 44.8 Å². The van der Waals surface area contributed by atoms with Gasteiger partial charge in [-0.1, -0.05) is 174 Å². The number of pyridine rings is 1. The van der Waals surface area contributed by atoms with Crippen LogP contribution in [0.3, 0.4) is 0 Å². The molecule has 2 heterocycles. The number of aromatic nitrogens is 1. The van der Waals surface area contributed by atoms with Crippen LogP contribution in [0.15, 0.2) is 187 Å². The van der Waals surface area contributed by atoms with Crippen molar-refractivity contribution in [2.45, 2.75) is 13.8 Å². The maximum atomic E-state index is 15.1. The highest BCUT2D eigenvalue weighted by Crippen LogP contribution is 2.35. The number of rotatable bonds is 5. The Morgan fingerprint density at radius 1 is 0.389 bits per heavy atom. The number of hydrogen-bond acceptors (Lipinski definition) is 1. The summed E-state index contributed by atoms with van der Waals surface area (Å²) < 4.78 is 2.02. The second-order valence-corrected chi connectivity index (χ2v) is 14.6. The second-order valence-electron chi connectivity index (χ2n) is 14.6. The SMILES string of the molecule is Cc1cc(-c2ccccc2)cc(C)c1B1c2ccc(-c3ccccc3)cc2-n2c(=O)c3ccc(-c4ccccc4)cc3c3cc(-c4ccccc4)cc1c32. The number of nitrogens with zero attached hydrogens (tertiary/aromatic N) is 1. The molecule has 0 unspecified atom stereocenters. The molecule has 2 nitrogen and oxygen atoms in total. The van der Waals surface area contributed by atoms with Gasteiger partial charge < -0.3 is 0 Å². The minimum absolute atomic E-state index is 0.00334. The summed E-state index contributed by atoms with van der Waals surface area (Å²) in [6.45, 7) is 4.40. The van der Waals surface area contributed by atoms with Crippen LogP contribution in [0.5, 0.6) is 0 Å². The maximum absolute atomic E-state index is 15.1. The quantitative estimate of drug-likeness (QED) is 0.130. The maximum Gasteiger partial charge on any atom is 0.263 e. The highest BCUT2D eigenvalue weighted by molar-refractivity contribution is 6.98. The van der Waals surface area contributed by atoms with Gasteiger partial charge in [-0.05, 0) is 98.9 Å². The van der Waals surface area contributed by atoms with E-state index in [1.54, 1.807) is 0 Å². The van der Waals surface area contributed by atoms with Gasteiger partial charge in [0, 0.05) is 16.5 Å². The van der Waals surface area contributed by atoms with Crippen LogP contribution >= 0.6 is 0 Å². The van der Waals surface area contributed by atoms with Crippen LogP contribution in [-0.2, 0) is 0 Å². The molecule has 0 N–H and O–H groups in total. The highest BCUT2D eigenvalue weighted by atomic mass is 16.1. The van der Waals surface area contributed by atoms with Gasteiger partial charge in [0.1, 0.15) is 0 Å². The highest BCUT2D eigenvalue weighted by Gasteiger charge is 2.36. The van der Waals surface area contributed by atoms with Crippen LogP contribution in [0.1, 0.15) is 11.1 Å². The molecule has 254 valence electrons. The molecule has 3 heteroatoms. The monoisotopic (exact) mass is 689 g/mol. The number of benzene rings is 8. The van der Waals surface area contributed by atoms with Gasteiger partial charge in [-0.2, -0.15) is 0 Å². The molecule has 1 aliphatic rings. The molecule has 0 saturated heterocycles. The lowest BCUT2D eigenvalue weighted by Gasteiger charge is -2.32. The van der Waals surface area contributed by atoms with Crippen molar-refractivity contribution in [3.05, 3.63) is 203 Å². The van der Waals surface area contributed by atoms with E-state index in [0.717, 1.165) is 66.3 Å². The zero-order valence-corrected chi connectivity index (χ0v) is 30.3. The molecular weight excluding hydrogens is 653 g/mol. The van der Waals surface area contributed by atoms with Gasteiger partial charge in [0.05, 0.1) is 5.52 Å². The molecule has 0 amide bonds. The summed E-state index contributed by atoms with van der Waals surface area (Å²) in [4.78, 5) is 15.1. The Kier molecular flexibility index (Phi) is 7.55. The zero-order chi connectivity index (χ0) is 36.3. The van der Waals surface area contributed by atoms with Gasteiger partial charge in [-0.15, -0.1) is 0 Å². The molecule has 0 spiro atoms. The van der Waals surface area contributed by atoms with Gasteiger partial charge in [0.2, 0.25) is 6.71 Å². The summed E-state index contributed by atoms with van der Waals surface area (Å²) in [5.74, 6) is 0. The average molecular weight is 690 g/mol. The molecule has 0 aliphatic carbocycles. The summed E-state index contributed by atoms with van der Waals surface area (Å²) in [6, 6.07) is 64.6. The van der Waals surface area contributed by atoms with Crippen molar-refractivity contribution in [1.82, 2.24) is 4.57 Å². The summed E-state index contributed by atoms with van der Waals surface area (Å²) in [5, 5.41) is 2.77. The fraction of sp³-hybridized carbons (Fsp3) is 0.0392. The van der Waals surface area contributed by atoms with Gasteiger partial charge in [0.15, 0.2) is 0 Å². The lowest BCUT2D eigenvalue weighted by atomic mass is 9.34. The van der Waals surface area contributed by atoms with Gasteiger partial charge in [0.25, 0.3) is 5.56 Å². The summed E-state index contributed by atoms with van der Waals surface area (Å²) in [7, 11) is 0. The molecule has 8 aromatic carbocycles. The van der Waals surface area contributed by atoms with Crippen LogP contribution in [0.4, 0.5) is 0 Å². The van der Waals surface area contributed by atoms with E-state index in [4.69, 9.17) is 0 Å². The molecule has 54 heavy (non-hydrogen) atoms. The minimum Gasteiger partial charge on any atom is -0.277 e. The Morgan fingerprint density at radius 3 is 1.41 bits per heavy atom. The van der Waals surface area contributed by atoms with Crippen molar-refractivity contribution in [3.8, 4) is 50.2 Å². The molecule has 9 aromatic rings. The Morgan fingerprint density at radius 2 is 0.852 bits per heavy atom. The first-order valence-corrected chi connectivity index (χ1v) is 18.7. The lowest BCUT2D eigenvalue weighted by molar-refractivity contribution is 1.07. The van der Waals surface area contributed by atoms with Crippen molar-refractivity contribution in [1.29, 1.82) is 0 Å². The van der Waals surface area contributed by atoms with Crippen molar-refractivity contribution in [2.75, 3.05) is 0 Å². The third kappa shape index (κ3) is 5.16. The third-order valence-electron chi connectivity index (χ3n) is 11.3. The molecule has 0 bridgehead atoms. The van der Waals surface area contributed by atoms with E-state index >= 15 is 4.79 Å². The van der Waals surface area contributed by atoms with E-state index in [1.165, 1.54) is 27.7 Å². The molecular formula is C51H36BNO. The lowest BCUT2D eigenvalue weighted by Crippen LogP contribution is -2.58.